The molecule has 28 heavy (non-hydrogen) atoms. The largest absolute Gasteiger partial charge is 0.354 e. The summed E-state index contributed by atoms with van der Waals surface area (Å²) in [5, 5.41) is 5.33. The second-order valence-corrected chi connectivity index (χ2v) is 9.27. The summed E-state index contributed by atoms with van der Waals surface area (Å²) < 4.78 is 26.6. The molecule has 1 heterocycles. The summed E-state index contributed by atoms with van der Waals surface area (Å²) in [6.45, 7) is 2.28. The number of sulfonamides is 1. The standard InChI is InChI=1S/C19H21N3O4S2/c1-14-5-2-3-8-17(14)27-13-19(24)21-15-6-4-7-16(11-15)28(25,26)22-10-9-20-18(23)12-22/h2-8,11H,9-10,12-13H2,1H3,(H,20,23)(H,21,24). The normalized spacial score (nSPS) is 15.1. The van der Waals surface area contributed by atoms with E-state index in [4.69, 9.17) is 0 Å². The third-order valence-corrected chi connectivity index (χ3v) is 7.23. The molecule has 3 rings (SSSR count). The number of nitrogens with zero attached hydrogens (tertiary/aromatic N) is 1. The Kier molecular flexibility index (Phi) is 6.38. The molecule has 0 saturated carbocycles. The highest BCUT2D eigenvalue weighted by atomic mass is 32.2. The van der Waals surface area contributed by atoms with Crippen LogP contribution in [0, 0.1) is 6.92 Å². The minimum atomic E-state index is -3.80. The van der Waals surface area contributed by atoms with Crippen LogP contribution in [0.2, 0.25) is 0 Å². The maximum absolute atomic E-state index is 12.7. The van der Waals surface area contributed by atoms with Crippen LogP contribution in [-0.4, -0.2) is 49.9 Å². The van der Waals surface area contributed by atoms with Crippen molar-refractivity contribution in [2.24, 2.45) is 0 Å². The van der Waals surface area contributed by atoms with E-state index in [0.29, 0.717) is 5.69 Å². The van der Waals surface area contributed by atoms with Gasteiger partial charge in [0.05, 0.1) is 17.2 Å². The van der Waals surface area contributed by atoms with Crippen molar-refractivity contribution in [3.05, 3.63) is 54.1 Å². The summed E-state index contributed by atoms with van der Waals surface area (Å²) in [5.41, 5.74) is 1.50. The lowest BCUT2D eigenvalue weighted by Gasteiger charge is -2.26. The van der Waals surface area contributed by atoms with Gasteiger partial charge in [-0.05, 0) is 36.8 Å². The Bertz CT molecular complexity index is 992. The zero-order chi connectivity index (χ0) is 20.1. The third-order valence-electron chi connectivity index (χ3n) is 4.21. The Morgan fingerprint density at radius 3 is 2.75 bits per heavy atom. The van der Waals surface area contributed by atoms with Crippen LogP contribution in [-0.2, 0) is 19.6 Å². The molecule has 0 bridgehead atoms. The van der Waals surface area contributed by atoms with Crippen LogP contribution in [0.4, 0.5) is 5.69 Å². The third kappa shape index (κ3) is 4.92. The number of rotatable bonds is 6. The van der Waals surface area contributed by atoms with E-state index in [1.165, 1.54) is 23.9 Å². The molecule has 1 aliphatic rings. The smallest absolute Gasteiger partial charge is 0.243 e. The van der Waals surface area contributed by atoms with Gasteiger partial charge in [0.15, 0.2) is 0 Å². The van der Waals surface area contributed by atoms with Gasteiger partial charge in [-0.3, -0.25) is 9.59 Å². The summed E-state index contributed by atoms with van der Waals surface area (Å²) in [7, 11) is -3.80. The van der Waals surface area contributed by atoms with E-state index in [-0.39, 0.29) is 42.1 Å². The molecule has 2 aromatic rings. The lowest BCUT2D eigenvalue weighted by molar-refractivity contribution is -0.122. The first-order chi connectivity index (χ1) is 13.4. The topological polar surface area (TPSA) is 95.6 Å². The van der Waals surface area contributed by atoms with Crippen molar-refractivity contribution in [1.82, 2.24) is 9.62 Å². The quantitative estimate of drug-likeness (QED) is 0.697. The SMILES string of the molecule is Cc1ccccc1SCC(=O)Nc1cccc(S(=O)(=O)N2CCNC(=O)C2)c1. The molecule has 1 saturated heterocycles. The Labute approximate surface area is 168 Å². The fourth-order valence-corrected chi connectivity index (χ4v) is 5.04. The first-order valence-corrected chi connectivity index (χ1v) is 11.1. The van der Waals surface area contributed by atoms with Crippen LogP contribution in [0.5, 0.6) is 0 Å². The number of benzene rings is 2. The van der Waals surface area contributed by atoms with Crippen LogP contribution in [0.15, 0.2) is 58.3 Å². The number of anilines is 1. The maximum atomic E-state index is 12.7. The van der Waals surface area contributed by atoms with Gasteiger partial charge in [0.1, 0.15) is 0 Å². The number of amides is 2. The van der Waals surface area contributed by atoms with Gasteiger partial charge < -0.3 is 10.6 Å². The summed E-state index contributed by atoms with van der Waals surface area (Å²) in [5.74, 6) is -0.332. The minimum Gasteiger partial charge on any atom is -0.354 e. The highest BCUT2D eigenvalue weighted by Crippen LogP contribution is 2.23. The second-order valence-electron chi connectivity index (χ2n) is 6.32. The van der Waals surface area contributed by atoms with Crippen LogP contribution in [0.1, 0.15) is 5.56 Å². The predicted molar refractivity (Wildman–Crippen MR) is 109 cm³/mol. The van der Waals surface area contributed by atoms with Gasteiger partial charge in [0.2, 0.25) is 21.8 Å². The fourth-order valence-electron chi connectivity index (χ4n) is 2.76. The summed E-state index contributed by atoms with van der Waals surface area (Å²) in [6.07, 6.45) is 0. The summed E-state index contributed by atoms with van der Waals surface area (Å²) in [4.78, 5) is 24.8. The Morgan fingerprint density at radius 1 is 1.21 bits per heavy atom. The number of carbonyl (C=O) groups is 2. The van der Waals surface area contributed by atoms with E-state index >= 15 is 0 Å². The van der Waals surface area contributed by atoms with Crippen molar-refractivity contribution < 1.29 is 18.0 Å². The molecule has 148 valence electrons. The molecule has 0 atom stereocenters. The molecule has 0 spiro atoms. The second kappa shape index (κ2) is 8.76. The predicted octanol–water partition coefficient (Wildman–Crippen LogP) is 1.85. The van der Waals surface area contributed by atoms with Crippen LogP contribution < -0.4 is 10.6 Å². The van der Waals surface area contributed by atoms with Gasteiger partial charge in [0.25, 0.3) is 0 Å². The first kappa shape index (κ1) is 20.4. The molecule has 0 radical (unpaired) electrons. The van der Waals surface area contributed by atoms with E-state index in [1.54, 1.807) is 12.1 Å². The van der Waals surface area contributed by atoms with E-state index in [2.05, 4.69) is 10.6 Å². The van der Waals surface area contributed by atoms with E-state index in [9.17, 15) is 18.0 Å². The summed E-state index contributed by atoms with van der Waals surface area (Å²) in [6, 6.07) is 13.9. The van der Waals surface area contributed by atoms with Crippen molar-refractivity contribution in [2.45, 2.75) is 16.7 Å². The van der Waals surface area contributed by atoms with Gasteiger partial charge in [-0.1, -0.05) is 24.3 Å². The number of hydrogen-bond acceptors (Lipinski definition) is 5. The fraction of sp³-hybridized carbons (Fsp3) is 0.263. The average molecular weight is 420 g/mol. The molecule has 2 N–H and O–H groups in total. The van der Waals surface area contributed by atoms with Gasteiger partial charge in [-0.15, -0.1) is 11.8 Å². The lowest BCUT2D eigenvalue weighted by Crippen LogP contribution is -2.49. The van der Waals surface area contributed by atoms with Crippen LogP contribution in [0.25, 0.3) is 0 Å². The highest BCUT2D eigenvalue weighted by Gasteiger charge is 2.29. The average Bonchev–Trinajstić information content (AvgIpc) is 2.67. The number of carbonyl (C=O) groups excluding carboxylic acids is 2. The van der Waals surface area contributed by atoms with Gasteiger partial charge >= 0.3 is 0 Å². The van der Waals surface area contributed by atoms with E-state index in [0.717, 1.165) is 14.8 Å². The molecule has 9 heteroatoms. The Balaban J connectivity index is 1.66. The van der Waals surface area contributed by atoms with Crippen molar-refractivity contribution in [2.75, 3.05) is 30.7 Å². The van der Waals surface area contributed by atoms with Crippen LogP contribution in [0.3, 0.4) is 0 Å². The lowest BCUT2D eigenvalue weighted by atomic mass is 10.2. The van der Waals surface area contributed by atoms with E-state index in [1.807, 2.05) is 31.2 Å². The van der Waals surface area contributed by atoms with E-state index < -0.39 is 10.0 Å². The van der Waals surface area contributed by atoms with Crippen molar-refractivity contribution in [1.29, 1.82) is 0 Å². The van der Waals surface area contributed by atoms with Crippen LogP contribution >= 0.6 is 11.8 Å². The van der Waals surface area contributed by atoms with Crippen molar-refractivity contribution >= 4 is 39.3 Å². The van der Waals surface area contributed by atoms with Crippen molar-refractivity contribution in [3.8, 4) is 0 Å². The molecular weight excluding hydrogens is 398 g/mol. The molecule has 0 aliphatic carbocycles. The zero-order valence-corrected chi connectivity index (χ0v) is 17.0. The molecule has 0 aromatic heterocycles. The first-order valence-electron chi connectivity index (χ1n) is 8.71. The van der Waals surface area contributed by atoms with Gasteiger partial charge in [-0.25, -0.2) is 8.42 Å². The summed E-state index contributed by atoms with van der Waals surface area (Å²) >= 11 is 1.42. The number of piperazine rings is 1. The van der Waals surface area contributed by atoms with Crippen molar-refractivity contribution in [3.63, 3.8) is 0 Å². The maximum Gasteiger partial charge on any atom is 0.243 e. The number of nitrogens with one attached hydrogen (secondary N) is 2. The highest BCUT2D eigenvalue weighted by molar-refractivity contribution is 8.00. The van der Waals surface area contributed by atoms with Gasteiger partial charge in [0, 0.05) is 23.7 Å². The van der Waals surface area contributed by atoms with Gasteiger partial charge in [-0.2, -0.15) is 4.31 Å². The number of thioether (sulfide) groups is 1. The number of hydrogen-bond donors (Lipinski definition) is 2. The molecule has 1 fully saturated rings. The Hall–Kier alpha value is -2.36. The minimum absolute atomic E-state index is 0.0477. The Morgan fingerprint density at radius 2 is 2.00 bits per heavy atom. The zero-order valence-electron chi connectivity index (χ0n) is 15.3. The molecule has 0 unspecified atom stereocenters. The monoisotopic (exact) mass is 419 g/mol. The molecule has 7 nitrogen and oxygen atoms in total. The molecule has 1 aliphatic heterocycles. The molecular formula is C19H21N3O4S2. The number of aryl methyl sites for hydroxylation is 1. The molecule has 2 amide bonds. The molecule has 2 aromatic carbocycles.